The second-order valence-electron chi connectivity index (χ2n) is 7.67. The van der Waals surface area contributed by atoms with Crippen LogP contribution in [0.1, 0.15) is 42.3 Å². The Hall–Kier alpha value is -3.33. The topological polar surface area (TPSA) is 60.1 Å². The molecule has 0 unspecified atom stereocenters. The third-order valence-corrected chi connectivity index (χ3v) is 5.68. The molecule has 0 atom stereocenters. The van der Waals surface area contributed by atoms with E-state index in [1.54, 1.807) is 25.1 Å². The van der Waals surface area contributed by atoms with E-state index in [1.165, 1.54) is 18.3 Å². The van der Waals surface area contributed by atoms with Gasteiger partial charge in [0.05, 0.1) is 41.3 Å². The van der Waals surface area contributed by atoms with Gasteiger partial charge in [-0.25, -0.2) is 4.39 Å². The molecular formula is C24H19ClF4N4O. The lowest BCUT2D eigenvalue weighted by Crippen LogP contribution is -2.19. The molecule has 10 heteroatoms. The fourth-order valence-corrected chi connectivity index (χ4v) is 4.18. The van der Waals surface area contributed by atoms with Crippen molar-refractivity contribution in [3.63, 3.8) is 0 Å². The van der Waals surface area contributed by atoms with E-state index < -0.39 is 23.5 Å². The number of alkyl halides is 3. The minimum atomic E-state index is -4.77. The van der Waals surface area contributed by atoms with E-state index in [1.807, 2.05) is 0 Å². The third kappa shape index (κ3) is 4.52. The smallest absolute Gasteiger partial charge is 0.294 e. The van der Waals surface area contributed by atoms with Gasteiger partial charge in [-0.15, -0.1) is 0 Å². The molecule has 3 aromatic rings. The molecule has 0 spiro atoms. The summed E-state index contributed by atoms with van der Waals surface area (Å²) in [7, 11) is 0. The van der Waals surface area contributed by atoms with Crippen LogP contribution in [0.25, 0.3) is 5.57 Å². The van der Waals surface area contributed by atoms with Gasteiger partial charge < -0.3 is 0 Å². The molecule has 1 aromatic carbocycles. The van der Waals surface area contributed by atoms with Gasteiger partial charge in [0.2, 0.25) is 0 Å². The number of nitrogens with zero attached hydrogens (tertiary/aromatic N) is 4. The Kier molecular flexibility index (Phi) is 6.65. The number of carbonyl (C=O) groups excluding carboxylic acids is 1. The zero-order valence-electron chi connectivity index (χ0n) is 18.0. The molecule has 1 aliphatic rings. The van der Waals surface area contributed by atoms with Crippen LogP contribution in [-0.2, 0) is 17.5 Å². The van der Waals surface area contributed by atoms with Crippen molar-refractivity contribution in [3.8, 4) is 0 Å². The summed E-state index contributed by atoms with van der Waals surface area (Å²) in [5.41, 5.74) is -1.06. The van der Waals surface area contributed by atoms with Crippen LogP contribution in [-0.4, -0.2) is 32.8 Å². The van der Waals surface area contributed by atoms with Crippen molar-refractivity contribution in [2.45, 2.75) is 32.5 Å². The first-order chi connectivity index (χ1) is 16.2. The molecule has 1 aliphatic heterocycles. The highest BCUT2D eigenvalue weighted by Gasteiger charge is 2.41. The summed E-state index contributed by atoms with van der Waals surface area (Å²) in [6.07, 6.45) is -1.70. The van der Waals surface area contributed by atoms with Gasteiger partial charge in [-0.2, -0.15) is 18.3 Å². The summed E-state index contributed by atoms with van der Waals surface area (Å²) in [6.45, 7) is 1.32. The lowest BCUT2D eigenvalue weighted by molar-refractivity contribution is -0.144. The van der Waals surface area contributed by atoms with Crippen molar-refractivity contribution >= 4 is 28.7 Å². The lowest BCUT2D eigenvalue weighted by Gasteiger charge is -2.15. The predicted octanol–water partition coefficient (Wildman–Crippen LogP) is 5.76. The summed E-state index contributed by atoms with van der Waals surface area (Å²) < 4.78 is 58.1. The standard InChI is InChI=1S/C24H19ClF4N4O/c1-2-6-19(34)20-15(11-31-22(20)21-17(25)8-5-9-18(21)26)16-12-32-33(23(16)24(27,28)29)13-14-7-3-4-10-30-14/h3-5,7-10,12H,2,6,11,13H2,1H3. The number of rotatable bonds is 7. The minimum Gasteiger partial charge on any atom is -0.294 e. The van der Waals surface area contributed by atoms with Crippen molar-refractivity contribution in [1.29, 1.82) is 0 Å². The fraction of sp³-hybridized carbons (Fsp3) is 0.250. The Bertz CT molecular complexity index is 1280. The molecule has 176 valence electrons. The number of pyridine rings is 1. The number of Topliss-reactive ketones (excluding diaryl/α,β-unsaturated/α-hetero) is 1. The number of aromatic nitrogens is 3. The monoisotopic (exact) mass is 490 g/mol. The van der Waals surface area contributed by atoms with Crippen LogP contribution in [0.5, 0.6) is 0 Å². The number of allylic oxidation sites excluding steroid dienone is 1. The molecule has 0 fully saturated rings. The number of hydrogen-bond donors (Lipinski definition) is 0. The van der Waals surface area contributed by atoms with Crippen LogP contribution in [0.2, 0.25) is 5.02 Å². The first kappa shape index (κ1) is 23.8. The molecule has 3 heterocycles. The zero-order valence-corrected chi connectivity index (χ0v) is 18.8. The Labute approximate surface area is 197 Å². The Morgan fingerprint density at radius 2 is 1.97 bits per heavy atom. The highest BCUT2D eigenvalue weighted by atomic mass is 35.5. The highest BCUT2D eigenvalue weighted by Crippen LogP contribution is 2.40. The van der Waals surface area contributed by atoms with Gasteiger partial charge in [0.15, 0.2) is 11.5 Å². The molecule has 0 bridgehead atoms. The Morgan fingerprint density at radius 1 is 1.18 bits per heavy atom. The van der Waals surface area contributed by atoms with E-state index >= 15 is 0 Å². The largest absolute Gasteiger partial charge is 0.433 e. The second-order valence-corrected chi connectivity index (χ2v) is 8.08. The Morgan fingerprint density at radius 3 is 2.62 bits per heavy atom. The number of ketones is 1. The van der Waals surface area contributed by atoms with E-state index in [-0.39, 0.29) is 52.5 Å². The van der Waals surface area contributed by atoms with Gasteiger partial charge in [0.25, 0.3) is 0 Å². The lowest BCUT2D eigenvalue weighted by atomic mass is 9.91. The average Bonchev–Trinajstić information content (AvgIpc) is 3.39. The molecule has 0 saturated heterocycles. The molecule has 2 aromatic heterocycles. The summed E-state index contributed by atoms with van der Waals surface area (Å²) in [6, 6.07) is 8.92. The van der Waals surface area contributed by atoms with Gasteiger partial charge in [0.1, 0.15) is 5.82 Å². The number of benzene rings is 1. The average molecular weight is 491 g/mol. The molecule has 0 N–H and O–H groups in total. The molecule has 0 aliphatic carbocycles. The quantitative estimate of drug-likeness (QED) is 0.395. The normalized spacial score (nSPS) is 14.0. The van der Waals surface area contributed by atoms with Crippen LogP contribution in [0.3, 0.4) is 0 Å². The number of hydrogen-bond acceptors (Lipinski definition) is 4. The number of halogens is 5. The van der Waals surface area contributed by atoms with Crippen molar-refractivity contribution in [2.24, 2.45) is 4.99 Å². The highest BCUT2D eigenvalue weighted by molar-refractivity contribution is 6.40. The van der Waals surface area contributed by atoms with E-state index in [2.05, 4.69) is 15.1 Å². The maximum absolute atomic E-state index is 14.7. The van der Waals surface area contributed by atoms with Crippen molar-refractivity contribution < 1.29 is 22.4 Å². The molecule has 4 rings (SSSR count). The minimum absolute atomic E-state index is 0.0173. The molecule has 0 radical (unpaired) electrons. The number of aliphatic imine (C=N–C) groups is 1. The van der Waals surface area contributed by atoms with E-state index in [4.69, 9.17) is 11.6 Å². The predicted molar refractivity (Wildman–Crippen MR) is 120 cm³/mol. The van der Waals surface area contributed by atoms with Crippen LogP contribution in [0.4, 0.5) is 17.6 Å². The first-order valence-corrected chi connectivity index (χ1v) is 10.9. The van der Waals surface area contributed by atoms with Crippen LogP contribution in [0.15, 0.2) is 59.4 Å². The van der Waals surface area contributed by atoms with Crippen molar-refractivity contribution in [2.75, 3.05) is 6.54 Å². The van der Waals surface area contributed by atoms with Crippen molar-refractivity contribution in [3.05, 3.63) is 87.7 Å². The van der Waals surface area contributed by atoms with Crippen LogP contribution < -0.4 is 0 Å². The van der Waals surface area contributed by atoms with E-state index in [0.717, 1.165) is 16.9 Å². The molecule has 5 nitrogen and oxygen atoms in total. The maximum Gasteiger partial charge on any atom is 0.433 e. The van der Waals surface area contributed by atoms with Gasteiger partial charge >= 0.3 is 6.18 Å². The first-order valence-electron chi connectivity index (χ1n) is 10.5. The molecule has 0 amide bonds. The second kappa shape index (κ2) is 9.50. The SMILES string of the molecule is CCCC(=O)C1=C(c2cnn(Cc3ccccn3)c2C(F)(F)F)CN=C1c1c(F)cccc1Cl. The van der Waals surface area contributed by atoms with E-state index in [0.29, 0.717) is 12.1 Å². The van der Waals surface area contributed by atoms with Gasteiger partial charge in [-0.3, -0.25) is 19.5 Å². The van der Waals surface area contributed by atoms with Crippen LogP contribution in [0, 0.1) is 5.82 Å². The summed E-state index contributed by atoms with van der Waals surface area (Å²) in [4.78, 5) is 21.4. The van der Waals surface area contributed by atoms with Crippen LogP contribution >= 0.6 is 11.6 Å². The summed E-state index contributed by atoms with van der Waals surface area (Å²) >= 11 is 6.19. The van der Waals surface area contributed by atoms with Gasteiger partial charge in [0, 0.05) is 23.8 Å². The molecule has 34 heavy (non-hydrogen) atoms. The molecule has 0 saturated carbocycles. The third-order valence-electron chi connectivity index (χ3n) is 5.36. The van der Waals surface area contributed by atoms with Crippen molar-refractivity contribution in [1.82, 2.24) is 14.8 Å². The van der Waals surface area contributed by atoms with Gasteiger partial charge in [-0.1, -0.05) is 30.7 Å². The Balaban J connectivity index is 1.89. The molecular weight excluding hydrogens is 472 g/mol. The van der Waals surface area contributed by atoms with Gasteiger partial charge in [-0.05, 0) is 36.3 Å². The number of carbonyl (C=O) groups is 1. The van der Waals surface area contributed by atoms with E-state index in [9.17, 15) is 22.4 Å². The summed E-state index contributed by atoms with van der Waals surface area (Å²) in [5.74, 6) is -1.14. The summed E-state index contributed by atoms with van der Waals surface area (Å²) in [5, 5.41) is 3.97. The zero-order chi connectivity index (χ0) is 24.5. The maximum atomic E-state index is 14.7. The fourth-order valence-electron chi connectivity index (χ4n) is 3.93.